The van der Waals surface area contributed by atoms with Crippen LogP contribution in [0.3, 0.4) is 0 Å². The smallest absolute Gasteiger partial charge is 0.226 e. The van der Waals surface area contributed by atoms with Gasteiger partial charge >= 0.3 is 0 Å². The van der Waals surface area contributed by atoms with Crippen LogP contribution in [0.15, 0.2) is 42.5 Å². The highest BCUT2D eigenvalue weighted by atomic mass is 35.5. The highest BCUT2D eigenvalue weighted by Gasteiger charge is 2.31. The molecule has 28 heavy (non-hydrogen) atoms. The molecule has 1 aliphatic heterocycles. The standard InChI is InChI=1S/C21H20ClN3O3/c1-12-20-16(10-19(26)23-21(20)25-24-12)14-6-7-17(18(9-14)27-2)28-11-13-4-3-5-15(22)8-13/h3-9,16H,10-11H2,1-2H3,(H2,23,24,25,26)/t16-/m0/s1. The normalized spacial score (nSPS) is 15.7. The summed E-state index contributed by atoms with van der Waals surface area (Å²) in [6.07, 6.45) is 0.360. The number of nitrogens with zero attached hydrogens (tertiary/aromatic N) is 1. The predicted molar refractivity (Wildman–Crippen MR) is 107 cm³/mol. The molecular formula is C21H20ClN3O3. The van der Waals surface area contributed by atoms with Gasteiger partial charge in [-0.2, -0.15) is 5.10 Å². The van der Waals surface area contributed by atoms with Gasteiger partial charge in [0.1, 0.15) is 6.61 Å². The Balaban J connectivity index is 1.60. The van der Waals surface area contributed by atoms with Crippen molar-refractivity contribution in [3.05, 3.63) is 69.9 Å². The van der Waals surface area contributed by atoms with Crippen molar-refractivity contribution in [3.8, 4) is 11.5 Å². The highest BCUT2D eigenvalue weighted by Crippen LogP contribution is 2.40. The fourth-order valence-electron chi connectivity index (χ4n) is 3.52. The minimum atomic E-state index is -0.0848. The molecule has 7 heteroatoms. The second-order valence-electron chi connectivity index (χ2n) is 6.74. The van der Waals surface area contributed by atoms with E-state index in [2.05, 4.69) is 15.5 Å². The first kappa shape index (κ1) is 18.4. The molecule has 6 nitrogen and oxygen atoms in total. The lowest BCUT2D eigenvalue weighted by molar-refractivity contribution is -0.116. The Hall–Kier alpha value is -2.99. The molecule has 2 heterocycles. The molecule has 0 bridgehead atoms. The Morgan fingerprint density at radius 2 is 2.07 bits per heavy atom. The molecule has 2 aromatic carbocycles. The van der Waals surface area contributed by atoms with Crippen molar-refractivity contribution in [1.82, 2.24) is 10.2 Å². The number of carbonyl (C=O) groups is 1. The SMILES string of the molecule is COc1cc([C@@H]2CC(=O)Nc3n[nH]c(C)c32)ccc1OCc1cccc(Cl)c1. The monoisotopic (exact) mass is 397 g/mol. The summed E-state index contributed by atoms with van der Waals surface area (Å²) in [6.45, 7) is 2.34. The van der Waals surface area contributed by atoms with Crippen LogP contribution in [0, 0.1) is 6.92 Å². The molecule has 3 aromatic rings. The van der Waals surface area contributed by atoms with E-state index in [1.165, 1.54) is 0 Å². The molecule has 1 atom stereocenters. The first-order valence-corrected chi connectivity index (χ1v) is 9.33. The third kappa shape index (κ3) is 3.55. The van der Waals surface area contributed by atoms with Gasteiger partial charge in [0.25, 0.3) is 0 Å². The maximum absolute atomic E-state index is 12.1. The number of benzene rings is 2. The molecule has 0 saturated heterocycles. The maximum Gasteiger partial charge on any atom is 0.226 e. The van der Waals surface area contributed by atoms with Gasteiger partial charge in [-0.05, 0) is 42.3 Å². The summed E-state index contributed by atoms with van der Waals surface area (Å²) in [5.41, 5.74) is 3.91. The van der Waals surface area contributed by atoms with Crippen LogP contribution in [0.2, 0.25) is 5.02 Å². The molecule has 0 fully saturated rings. The molecule has 0 saturated carbocycles. The molecule has 1 amide bonds. The van der Waals surface area contributed by atoms with Gasteiger partial charge in [-0.25, -0.2) is 0 Å². The zero-order valence-corrected chi connectivity index (χ0v) is 16.3. The van der Waals surface area contributed by atoms with Gasteiger partial charge in [-0.3, -0.25) is 9.89 Å². The van der Waals surface area contributed by atoms with Gasteiger partial charge in [0.05, 0.1) is 7.11 Å². The quantitative estimate of drug-likeness (QED) is 0.667. The molecule has 144 valence electrons. The number of hydrogen-bond acceptors (Lipinski definition) is 4. The van der Waals surface area contributed by atoms with Crippen LogP contribution in [0.25, 0.3) is 0 Å². The number of aromatic nitrogens is 2. The molecule has 0 aliphatic carbocycles. The fraction of sp³-hybridized carbons (Fsp3) is 0.238. The lowest BCUT2D eigenvalue weighted by Crippen LogP contribution is -2.23. The van der Waals surface area contributed by atoms with Crippen LogP contribution in [0.1, 0.15) is 34.7 Å². The van der Waals surface area contributed by atoms with Crippen LogP contribution < -0.4 is 14.8 Å². The van der Waals surface area contributed by atoms with Crippen LogP contribution >= 0.6 is 11.6 Å². The molecule has 4 rings (SSSR count). The molecule has 1 aliphatic rings. The topological polar surface area (TPSA) is 76.2 Å². The molecule has 0 spiro atoms. The summed E-state index contributed by atoms with van der Waals surface area (Å²) in [5, 5.41) is 10.6. The van der Waals surface area contributed by atoms with Crippen molar-refractivity contribution < 1.29 is 14.3 Å². The summed E-state index contributed by atoms with van der Waals surface area (Å²) in [6, 6.07) is 13.3. The van der Waals surface area contributed by atoms with E-state index in [1.54, 1.807) is 7.11 Å². The predicted octanol–water partition coefficient (Wildman–Crippen LogP) is 4.43. The van der Waals surface area contributed by atoms with E-state index in [1.807, 2.05) is 49.4 Å². The van der Waals surface area contributed by atoms with Gasteiger partial charge in [0.15, 0.2) is 17.3 Å². The number of amides is 1. The second kappa shape index (κ2) is 7.56. The number of hydrogen-bond donors (Lipinski definition) is 2. The summed E-state index contributed by atoms with van der Waals surface area (Å²) in [4.78, 5) is 12.1. The number of H-pyrrole nitrogens is 1. The van der Waals surface area contributed by atoms with Crippen LogP contribution in [-0.2, 0) is 11.4 Å². The van der Waals surface area contributed by atoms with Gasteiger partial charge in [-0.1, -0.05) is 29.8 Å². The first-order chi connectivity index (χ1) is 13.5. The number of nitrogens with one attached hydrogen (secondary N) is 2. The minimum Gasteiger partial charge on any atom is -0.493 e. The second-order valence-corrected chi connectivity index (χ2v) is 7.18. The Morgan fingerprint density at radius 1 is 1.21 bits per heavy atom. The first-order valence-electron chi connectivity index (χ1n) is 8.95. The zero-order valence-electron chi connectivity index (χ0n) is 15.6. The number of rotatable bonds is 5. The van der Waals surface area contributed by atoms with E-state index in [0.717, 1.165) is 22.4 Å². The number of aromatic amines is 1. The number of halogens is 1. The van der Waals surface area contributed by atoms with Crippen LogP contribution in [0.5, 0.6) is 11.5 Å². The van der Waals surface area contributed by atoms with E-state index in [9.17, 15) is 4.79 Å². The van der Waals surface area contributed by atoms with Crippen molar-refractivity contribution in [2.24, 2.45) is 0 Å². The molecule has 1 aromatic heterocycles. The van der Waals surface area contributed by atoms with Crippen molar-refractivity contribution in [3.63, 3.8) is 0 Å². The van der Waals surface area contributed by atoms with Gasteiger partial charge < -0.3 is 14.8 Å². The third-order valence-electron chi connectivity index (χ3n) is 4.86. The van der Waals surface area contributed by atoms with Crippen molar-refractivity contribution >= 4 is 23.3 Å². The largest absolute Gasteiger partial charge is 0.493 e. The number of carbonyl (C=O) groups excluding carboxylic acids is 1. The Labute approximate surface area is 167 Å². The van der Waals surface area contributed by atoms with Gasteiger partial charge in [-0.15, -0.1) is 0 Å². The molecule has 2 N–H and O–H groups in total. The number of anilines is 1. The fourth-order valence-corrected chi connectivity index (χ4v) is 3.74. The van der Waals surface area contributed by atoms with Crippen molar-refractivity contribution in [2.45, 2.75) is 25.9 Å². The number of methoxy groups -OCH3 is 1. The van der Waals surface area contributed by atoms with Crippen molar-refractivity contribution in [1.29, 1.82) is 0 Å². The van der Waals surface area contributed by atoms with Crippen molar-refractivity contribution in [2.75, 3.05) is 12.4 Å². The Bertz CT molecular complexity index is 1030. The zero-order chi connectivity index (χ0) is 19.7. The van der Waals surface area contributed by atoms with Gasteiger partial charge in [0.2, 0.25) is 5.91 Å². The summed E-state index contributed by atoms with van der Waals surface area (Å²) >= 11 is 6.03. The van der Waals surface area contributed by atoms with E-state index in [-0.39, 0.29) is 11.8 Å². The summed E-state index contributed by atoms with van der Waals surface area (Å²) < 4.78 is 11.5. The average molecular weight is 398 g/mol. The maximum atomic E-state index is 12.1. The summed E-state index contributed by atoms with van der Waals surface area (Å²) in [7, 11) is 1.60. The lowest BCUT2D eigenvalue weighted by Gasteiger charge is -2.23. The van der Waals surface area contributed by atoms with Crippen LogP contribution in [0.4, 0.5) is 5.82 Å². The van der Waals surface area contributed by atoms with Crippen LogP contribution in [-0.4, -0.2) is 23.2 Å². The van der Waals surface area contributed by atoms with E-state index < -0.39 is 0 Å². The Kier molecular flexibility index (Phi) is 4.96. The molecule has 0 unspecified atom stereocenters. The average Bonchev–Trinajstić information content (AvgIpc) is 3.06. The van der Waals surface area contributed by atoms with E-state index in [0.29, 0.717) is 35.4 Å². The highest BCUT2D eigenvalue weighted by molar-refractivity contribution is 6.30. The summed E-state index contributed by atoms with van der Waals surface area (Å²) in [5.74, 6) is 1.71. The number of ether oxygens (including phenoxy) is 2. The molecule has 0 radical (unpaired) electrons. The van der Waals surface area contributed by atoms with E-state index >= 15 is 0 Å². The minimum absolute atomic E-state index is 0.0516. The number of fused-ring (bicyclic) bond motifs is 1. The lowest BCUT2D eigenvalue weighted by atomic mass is 9.85. The van der Waals surface area contributed by atoms with Gasteiger partial charge in [0, 0.05) is 28.6 Å². The number of aryl methyl sites for hydroxylation is 1. The Morgan fingerprint density at radius 3 is 2.86 bits per heavy atom. The van der Waals surface area contributed by atoms with E-state index in [4.69, 9.17) is 21.1 Å². The third-order valence-corrected chi connectivity index (χ3v) is 5.10. The molecular weight excluding hydrogens is 378 g/mol.